The fourth-order valence-electron chi connectivity index (χ4n) is 4.84. The van der Waals surface area contributed by atoms with Crippen LogP contribution in [0, 0.1) is 12.7 Å². The normalized spacial score (nSPS) is 29.6. The van der Waals surface area contributed by atoms with E-state index in [1.54, 1.807) is 6.92 Å². The van der Waals surface area contributed by atoms with Gasteiger partial charge in [-0.25, -0.2) is 9.18 Å². The van der Waals surface area contributed by atoms with Gasteiger partial charge in [-0.05, 0) is 62.1 Å². The number of aryl methyl sites for hydroxylation is 1. The lowest BCUT2D eigenvalue weighted by Gasteiger charge is -2.39. The molecule has 0 saturated carbocycles. The van der Waals surface area contributed by atoms with E-state index in [9.17, 15) is 18.8 Å². The molecule has 3 fully saturated rings. The van der Waals surface area contributed by atoms with Gasteiger partial charge in [0, 0.05) is 18.5 Å². The average Bonchev–Trinajstić information content (AvgIpc) is 3.09. The van der Waals surface area contributed by atoms with Crippen molar-refractivity contribution in [3.05, 3.63) is 35.1 Å². The van der Waals surface area contributed by atoms with Gasteiger partial charge in [0.15, 0.2) is 0 Å². The van der Waals surface area contributed by atoms with Crippen LogP contribution in [0.25, 0.3) is 0 Å². The zero-order chi connectivity index (χ0) is 19.1. The van der Waals surface area contributed by atoms with Gasteiger partial charge in [0.2, 0.25) is 5.91 Å². The van der Waals surface area contributed by atoms with Crippen LogP contribution in [0.2, 0.25) is 0 Å². The molecule has 2 N–H and O–H groups in total. The summed E-state index contributed by atoms with van der Waals surface area (Å²) < 4.78 is 13.6. The number of halogens is 1. The van der Waals surface area contributed by atoms with Crippen molar-refractivity contribution in [3.8, 4) is 0 Å². The van der Waals surface area contributed by atoms with E-state index < -0.39 is 12.1 Å². The lowest BCUT2D eigenvalue weighted by molar-refractivity contribution is -0.136. The van der Waals surface area contributed by atoms with Gasteiger partial charge < -0.3 is 10.2 Å². The third-order valence-corrected chi connectivity index (χ3v) is 6.18. The van der Waals surface area contributed by atoms with Crippen LogP contribution in [0.5, 0.6) is 0 Å². The van der Waals surface area contributed by atoms with Crippen LogP contribution in [0.4, 0.5) is 9.18 Å². The zero-order valence-electron chi connectivity index (χ0n) is 15.3. The smallest absolute Gasteiger partial charge is 0.322 e. The van der Waals surface area contributed by atoms with E-state index in [0.717, 1.165) is 31.2 Å². The molecule has 1 aromatic rings. The summed E-state index contributed by atoms with van der Waals surface area (Å²) in [4.78, 5) is 37.6. The summed E-state index contributed by atoms with van der Waals surface area (Å²) in [6.07, 6.45) is 4.36. The molecule has 3 heterocycles. The summed E-state index contributed by atoms with van der Waals surface area (Å²) in [5.41, 5.74) is 1.82. The Morgan fingerprint density at radius 2 is 1.93 bits per heavy atom. The Balaban J connectivity index is 1.38. The molecule has 4 amide bonds. The molecule has 1 unspecified atom stereocenters. The highest BCUT2D eigenvalue weighted by molar-refractivity contribution is 6.04. The Bertz CT molecular complexity index is 783. The van der Waals surface area contributed by atoms with Crippen molar-refractivity contribution in [3.63, 3.8) is 0 Å². The molecule has 7 heteroatoms. The third kappa shape index (κ3) is 3.42. The Morgan fingerprint density at radius 3 is 2.52 bits per heavy atom. The molecule has 144 valence electrons. The number of urea groups is 1. The van der Waals surface area contributed by atoms with E-state index in [4.69, 9.17) is 0 Å². The number of rotatable bonds is 4. The largest absolute Gasteiger partial charge is 0.337 e. The number of nitrogens with zero attached hydrogens (tertiary/aromatic N) is 1. The van der Waals surface area contributed by atoms with Gasteiger partial charge in [-0.3, -0.25) is 14.9 Å². The van der Waals surface area contributed by atoms with E-state index >= 15 is 0 Å². The van der Waals surface area contributed by atoms with Gasteiger partial charge in [-0.2, -0.15) is 0 Å². The first kappa shape index (κ1) is 17.9. The standard InChI is InChI=1S/C20H24FN3O3/c1-11-8-12(2-5-16(11)21)13-9-14-3-4-15(10-13)24(14)18(25)7-6-17-19(26)23-20(27)22-17/h2,5,8,13-15,17H,3-4,6-7,9-10H2,1H3,(H2,22,23,26,27)/t13?,14-,15+,17-/m0/s1. The van der Waals surface area contributed by atoms with Gasteiger partial charge in [-0.15, -0.1) is 0 Å². The number of carbonyl (C=O) groups is 3. The summed E-state index contributed by atoms with van der Waals surface area (Å²) in [6, 6.07) is 4.64. The van der Waals surface area contributed by atoms with Crippen LogP contribution < -0.4 is 10.6 Å². The minimum Gasteiger partial charge on any atom is -0.337 e. The minimum absolute atomic E-state index is 0.0604. The molecule has 0 aliphatic carbocycles. The minimum atomic E-state index is -0.612. The molecule has 0 aromatic heterocycles. The Morgan fingerprint density at radius 1 is 1.22 bits per heavy atom. The zero-order valence-corrected chi connectivity index (χ0v) is 15.3. The van der Waals surface area contributed by atoms with Crippen molar-refractivity contribution < 1.29 is 18.8 Å². The maximum atomic E-state index is 13.6. The van der Waals surface area contributed by atoms with Crippen LogP contribution in [0.15, 0.2) is 18.2 Å². The monoisotopic (exact) mass is 373 g/mol. The second-order valence-electron chi connectivity index (χ2n) is 7.92. The van der Waals surface area contributed by atoms with Crippen LogP contribution in [0.3, 0.4) is 0 Å². The number of hydrogen-bond donors (Lipinski definition) is 2. The molecule has 4 rings (SSSR count). The highest BCUT2D eigenvalue weighted by Gasteiger charge is 2.43. The van der Waals surface area contributed by atoms with E-state index in [-0.39, 0.29) is 36.1 Å². The van der Waals surface area contributed by atoms with Gasteiger partial charge in [0.1, 0.15) is 11.9 Å². The molecule has 27 heavy (non-hydrogen) atoms. The summed E-state index contributed by atoms with van der Waals surface area (Å²) in [5.74, 6) is -0.130. The van der Waals surface area contributed by atoms with Crippen molar-refractivity contribution in [2.24, 2.45) is 0 Å². The summed E-state index contributed by atoms with van der Waals surface area (Å²) in [7, 11) is 0. The van der Waals surface area contributed by atoms with Crippen molar-refractivity contribution in [1.29, 1.82) is 0 Å². The Hall–Kier alpha value is -2.44. The van der Waals surface area contributed by atoms with Crippen molar-refractivity contribution in [2.75, 3.05) is 0 Å². The lowest BCUT2D eigenvalue weighted by atomic mass is 9.84. The van der Waals surface area contributed by atoms with E-state index in [0.29, 0.717) is 17.9 Å². The first-order valence-corrected chi connectivity index (χ1v) is 9.61. The fourth-order valence-corrected chi connectivity index (χ4v) is 4.84. The molecule has 1 aromatic carbocycles. The van der Waals surface area contributed by atoms with Crippen LogP contribution >= 0.6 is 0 Å². The molecule has 3 aliphatic heterocycles. The number of fused-ring (bicyclic) bond motifs is 2. The highest BCUT2D eigenvalue weighted by atomic mass is 19.1. The molecule has 4 atom stereocenters. The molecule has 3 saturated heterocycles. The molecular weight excluding hydrogens is 349 g/mol. The second kappa shape index (κ2) is 6.94. The van der Waals surface area contributed by atoms with Gasteiger partial charge in [0.25, 0.3) is 5.91 Å². The number of amides is 4. The molecule has 6 nitrogen and oxygen atoms in total. The second-order valence-corrected chi connectivity index (χ2v) is 7.92. The van der Waals surface area contributed by atoms with Crippen LogP contribution in [-0.4, -0.2) is 40.9 Å². The number of nitrogens with one attached hydrogen (secondary N) is 2. The van der Waals surface area contributed by atoms with Crippen molar-refractivity contribution in [2.45, 2.75) is 69.5 Å². The Labute approximate surface area is 157 Å². The maximum absolute atomic E-state index is 13.6. The molecule has 0 spiro atoms. The quantitative estimate of drug-likeness (QED) is 0.796. The SMILES string of the molecule is Cc1cc(C2C[C@H]3CC[C@@H](C2)N3C(=O)CC[C@@H]2NC(=O)NC2=O)ccc1F. The maximum Gasteiger partial charge on any atom is 0.322 e. The summed E-state index contributed by atoms with van der Waals surface area (Å²) in [6.45, 7) is 1.78. The predicted molar refractivity (Wildman–Crippen MR) is 96.5 cm³/mol. The topological polar surface area (TPSA) is 78.5 Å². The fraction of sp³-hybridized carbons (Fsp3) is 0.550. The van der Waals surface area contributed by atoms with Crippen molar-refractivity contribution in [1.82, 2.24) is 15.5 Å². The van der Waals surface area contributed by atoms with E-state index in [1.807, 2.05) is 17.0 Å². The number of imide groups is 1. The van der Waals surface area contributed by atoms with Gasteiger partial charge in [-0.1, -0.05) is 12.1 Å². The first-order chi connectivity index (χ1) is 12.9. The van der Waals surface area contributed by atoms with Gasteiger partial charge >= 0.3 is 6.03 Å². The van der Waals surface area contributed by atoms with Crippen LogP contribution in [0.1, 0.15) is 55.6 Å². The Kier molecular flexibility index (Phi) is 4.61. The molecule has 2 bridgehead atoms. The van der Waals surface area contributed by atoms with Gasteiger partial charge in [0.05, 0.1) is 0 Å². The lowest BCUT2D eigenvalue weighted by Crippen LogP contribution is -2.46. The predicted octanol–water partition coefficient (Wildman–Crippen LogP) is 2.36. The number of benzene rings is 1. The average molecular weight is 373 g/mol. The highest BCUT2D eigenvalue weighted by Crippen LogP contribution is 2.43. The van der Waals surface area contributed by atoms with Crippen molar-refractivity contribution >= 4 is 17.8 Å². The summed E-state index contributed by atoms with van der Waals surface area (Å²) >= 11 is 0. The molecular formula is C20H24FN3O3. The van der Waals surface area contributed by atoms with E-state index in [2.05, 4.69) is 10.6 Å². The molecule has 3 aliphatic rings. The molecule has 0 radical (unpaired) electrons. The first-order valence-electron chi connectivity index (χ1n) is 9.61. The number of carbonyl (C=O) groups excluding carboxylic acids is 3. The number of hydrogen-bond acceptors (Lipinski definition) is 3. The third-order valence-electron chi connectivity index (χ3n) is 6.18. The van der Waals surface area contributed by atoms with Crippen LogP contribution in [-0.2, 0) is 9.59 Å². The summed E-state index contributed by atoms with van der Waals surface area (Å²) in [5, 5.41) is 4.73. The van der Waals surface area contributed by atoms with E-state index in [1.165, 1.54) is 6.07 Å². The number of piperidine rings is 1.